The Morgan fingerprint density at radius 2 is 1.71 bits per heavy atom. The van der Waals surface area contributed by atoms with E-state index in [1.54, 1.807) is 14.2 Å². The van der Waals surface area contributed by atoms with E-state index in [0.29, 0.717) is 0 Å². The van der Waals surface area contributed by atoms with Gasteiger partial charge in [0.15, 0.2) is 0 Å². The lowest BCUT2D eigenvalue weighted by molar-refractivity contribution is 0.391. The molecular formula is C16H22N2O2S. The molecule has 0 bridgehead atoms. The normalized spacial score (nSPS) is 12.2. The van der Waals surface area contributed by atoms with Crippen molar-refractivity contribution >= 4 is 11.3 Å². The van der Waals surface area contributed by atoms with Gasteiger partial charge in [0.2, 0.25) is 0 Å². The summed E-state index contributed by atoms with van der Waals surface area (Å²) in [5.41, 5.74) is 3.95. The molecule has 114 valence electrons. The second-order valence-electron chi connectivity index (χ2n) is 4.79. The zero-order chi connectivity index (χ0) is 15.2. The van der Waals surface area contributed by atoms with Crippen molar-refractivity contribution in [3.8, 4) is 11.5 Å². The van der Waals surface area contributed by atoms with Crippen molar-refractivity contribution in [3.05, 3.63) is 45.6 Å². The van der Waals surface area contributed by atoms with Gasteiger partial charge in [0, 0.05) is 22.2 Å². The Hall–Kier alpha value is -1.56. The summed E-state index contributed by atoms with van der Waals surface area (Å²) in [5.74, 6) is 7.29. The van der Waals surface area contributed by atoms with E-state index >= 15 is 0 Å². The maximum atomic E-state index is 5.75. The molecule has 0 radical (unpaired) electrons. The molecule has 0 aliphatic rings. The Labute approximate surface area is 129 Å². The SMILES string of the molecule is CCc1ccc(CC(NN)c2cc(OC)cc(OC)c2)s1. The number of nitrogens with two attached hydrogens (primary N) is 1. The lowest BCUT2D eigenvalue weighted by Crippen LogP contribution is -2.29. The maximum absolute atomic E-state index is 5.75. The molecular weight excluding hydrogens is 284 g/mol. The molecule has 1 aromatic carbocycles. The summed E-state index contributed by atoms with van der Waals surface area (Å²) in [4.78, 5) is 2.71. The van der Waals surface area contributed by atoms with Gasteiger partial charge in [0.1, 0.15) is 11.5 Å². The molecule has 0 spiro atoms. The van der Waals surface area contributed by atoms with Crippen LogP contribution in [0.4, 0.5) is 0 Å². The van der Waals surface area contributed by atoms with Crippen LogP contribution in [0.2, 0.25) is 0 Å². The van der Waals surface area contributed by atoms with Gasteiger partial charge in [0.25, 0.3) is 0 Å². The molecule has 1 unspecified atom stereocenters. The quantitative estimate of drug-likeness (QED) is 0.610. The fraction of sp³-hybridized carbons (Fsp3) is 0.375. The van der Waals surface area contributed by atoms with E-state index in [1.165, 1.54) is 9.75 Å². The summed E-state index contributed by atoms with van der Waals surface area (Å²) >= 11 is 1.83. The molecule has 0 aliphatic heterocycles. The first-order chi connectivity index (χ1) is 10.2. The fourth-order valence-corrected chi connectivity index (χ4v) is 3.23. The first kappa shape index (κ1) is 15.8. The van der Waals surface area contributed by atoms with Crippen LogP contribution in [0.3, 0.4) is 0 Å². The zero-order valence-electron chi connectivity index (χ0n) is 12.7. The van der Waals surface area contributed by atoms with Crippen molar-refractivity contribution in [1.29, 1.82) is 0 Å². The first-order valence-corrected chi connectivity index (χ1v) is 7.78. The number of hydrazine groups is 1. The van der Waals surface area contributed by atoms with Gasteiger partial charge >= 0.3 is 0 Å². The summed E-state index contributed by atoms with van der Waals surface area (Å²) in [6, 6.07) is 10.2. The Kier molecular flexibility index (Phi) is 5.61. The van der Waals surface area contributed by atoms with Crippen molar-refractivity contribution in [2.24, 2.45) is 5.84 Å². The number of benzene rings is 1. The molecule has 0 amide bonds. The van der Waals surface area contributed by atoms with Crippen molar-refractivity contribution in [1.82, 2.24) is 5.43 Å². The van der Waals surface area contributed by atoms with Crippen LogP contribution in [-0.4, -0.2) is 14.2 Å². The molecule has 2 aromatic rings. The average molecular weight is 306 g/mol. The molecule has 1 heterocycles. The van der Waals surface area contributed by atoms with E-state index in [2.05, 4.69) is 24.5 Å². The van der Waals surface area contributed by atoms with E-state index in [0.717, 1.165) is 29.9 Å². The average Bonchev–Trinajstić information content (AvgIpc) is 2.99. The van der Waals surface area contributed by atoms with Gasteiger partial charge in [-0.05, 0) is 36.2 Å². The Balaban J connectivity index is 2.23. The van der Waals surface area contributed by atoms with Crippen LogP contribution in [0.1, 0.15) is 28.3 Å². The van der Waals surface area contributed by atoms with E-state index in [-0.39, 0.29) is 6.04 Å². The van der Waals surface area contributed by atoms with Crippen molar-refractivity contribution in [2.75, 3.05) is 14.2 Å². The molecule has 0 saturated carbocycles. The molecule has 4 nitrogen and oxygen atoms in total. The molecule has 0 fully saturated rings. The second kappa shape index (κ2) is 7.45. The Bertz CT molecular complexity index is 561. The van der Waals surface area contributed by atoms with Gasteiger partial charge in [-0.25, -0.2) is 0 Å². The molecule has 3 N–H and O–H groups in total. The standard InChI is InChI=1S/C16H22N2O2S/c1-4-14-5-6-15(21-14)10-16(18-17)11-7-12(19-2)9-13(8-11)20-3/h5-9,16,18H,4,10,17H2,1-3H3. The van der Waals surface area contributed by atoms with Crippen LogP contribution < -0.4 is 20.7 Å². The number of hydrogen-bond donors (Lipinski definition) is 2. The van der Waals surface area contributed by atoms with E-state index in [9.17, 15) is 0 Å². The predicted octanol–water partition coefficient (Wildman–Crippen LogP) is 3.07. The van der Waals surface area contributed by atoms with Gasteiger partial charge in [-0.1, -0.05) is 6.92 Å². The van der Waals surface area contributed by atoms with Crippen molar-refractivity contribution < 1.29 is 9.47 Å². The number of rotatable bonds is 7. The summed E-state index contributed by atoms with van der Waals surface area (Å²) in [7, 11) is 3.30. The number of thiophene rings is 1. The van der Waals surface area contributed by atoms with Gasteiger partial charge in [-0.15, -0.1) is 11.3 Å². The lowest BCUT2D eigenvalue weighted by atomic mass is 10.0. The largest absolute Gasteiger partial charge is 0.497 e. The summed E-state index contributed by atoms with van der Waals surface area (Å²) in [6.07, 6.45) is 1.91. The smallest absolute Gasteiger partial charge is 0.122 e. The molecule has 2 rings (SSSR count). The minimum Gasteiger partial charge on any atom is -0.497 e. The van der Waals surface area contributed by atoms with Gasteiger partial charge in [-0.3, -0.25) is 11.3 Å². The first-order valence-electron chi connectivity index (χ1n) is 6.96. The molecule has 5 heteroatoms. The summed E-state index contributed by atoms with van der Waals surface area (Å²) in [5, 5.41) is 0. The highest BCUT2D eigenvalue weighted by atomic mass is 32.1. The topological polar surface area (TPSA) is 56.5 Å². The van der Waals surface area contributed by atoms with Crippen molar-refractivity contribution in [2.45, 2.75) is 25.8 Å². The summed E-state index contributed by atoms with van der Waals surface area (Å²) in [6.45, 7) is 2.17. The highest BCUT2D eigenvalue weighted by Gasteiger charge is 2.14. The highest BCUT2D eigenvalue weighted by molar-refractivity contribution is 7.11. The highest BCUT2D eigenvalue weighted by Crippen LogP contribution is 2.29. The Morgan fingerprint density at radius 3 is 2.19 bits per heavy atom. The minimum absolute atomic E-state index is 0.0253. The molecule has 1 atom stereocenters. The van der Waals surface area contributed by atoms with E-state index in [4.69, 9.17) is 15.3 Å². The van der Waals surface area contributed by atoms with E-state index in [1.807, 2.05) is 29.5 Å². The molecule has 21 heavy (non-hydrogen) atoms. The van der Waals surface area contributed by atoms with Gasteiger partial charge in [0.05, 0.1) is 20.3 Å². The molecule has 1 aromatic heterocycles. The van der Waals surface area contributed by atoms with Gasteiger partial charge in [-0.2, -0.15) is 0 Å². The Morgan fingerprint density at radius 1 is 1.10 bits per heavy atom. The van der Waals surface area contributed by atoms with Crippen LogP contribution >= 0.6 is 11.3 Å². The van der Waals surface area contributed by atoms with Gasteiger partial charge < -0.3 is 9.47 Å². The van der Waals surface area contributed by atoms with Crippen molar-refractivity contribution in [3.63, 3.8) is 0 Å². The van der Waals surface area contributed by atoms with Crippen LogP contribution in [0.25, 0.3) is 0 Å². The third-order valence-electron chi connectivity index (χ3n) is 3.45. The van der Waals surface area contributed by atoms with Crippen LogP contribution in [-0.2, 0) is 12.8 Å². The monoisotopic (exact) mass is 306 g/mol. The lowest BCUT2D eigenvalue weighted by Gasteiger charge is -2.17. The second-order valence-corrected chi connectivity index (χ2v) is 6.04. The molecule has 0 aliphatic carbocycles. The number of methoxy groups -OCH3 is 2. The number of aryl methyl sites for hydroxylation is 1. The summed E-state index contributed by atoms with van der Waals surface area (Å²) < 4.78 is 10.6. The third-order valence-corrected chi connectivity index (χ3v) is 4.70. The number of nitrogens with one attached hydrogen (secondary N) is 1. The maximum Gasteiger partial charge on any atom is 0.122 e. The fourth-order valence-electron chi connectivity index (χ4n) is 2.23. The van der Waals surface area contributed by atoms with Crippen LogP contribution in [0.5, 0.6) is 11.5 Å². The van der Waals surface area contributed by atoms with E-state index < -0.39 is 0 Å². The number of hydrogen-bond acceptors (Lipinski definition) is 5. The zero-order valence-corrected chi connectivity index (χ0v) is 13.5. The number of ether oxygens (including phenoxy) is 2. The minimum atomic E-state index is 0.0253. The third kappa shape index (κ3) is 3.97. The van der Waals surface area contributed by atoms with Crippen LogP contribution in [0.15, 0.2) is 30.3 Å². The molecule has 0 saturated heterocycles. The van der Waals surface area contributed by atoms with Crippen LogP contribution in [0, 0.1) is 0 Å². The predicted molar refractivity (Wildman–Crippen MR) is 87.0 cm³/mol.